The van der Waals surface area contributed by atoms with E-state index in [0.29, 0.717) is 17.9 Å². The summed E-state index contributed by atoms with van der Waals surface area (Å²) in [6.07, 6.45) is -0.158. The molecule has 130 valence electrons. The SMILES string of the molecule is Cc1ccc(C)c(OCC(=O)NNC(=O)C2Cc3ccccc3O2)c1. The van der Waals surface area contributed by atoms with Gasteiger partial charge in [0.2, 0.25) is 0 Å². The molecule has 0 spiro atoms. The Labute approximate surface area is 146 Å². The summed E-state index contributed by atoms with van der Waals surface area (Å²) < 4.78 is 11.1. The van der Waals surface area contributed by atoms with Gasteiger partial charge in [-0.3, -0.25) is 20.4 Å². The second-order valence-electron chi connectivity index (χ2n) is 6.01. The summed E-state index contributed by atoms with van der Waals surface area (Å²) in [5, 5.41) is 0. The number of carbonyl (C=O) groups is 2. The molecule has 0 saturated heterocycles. The molecule has 0 radical (unpaired) electrons. The fourth-order valence-corrected chi connectivity index (χ4v) is 2.58. The molecule has 0 fully saturated rings. The van der Waals surface area contributed by atoms with Crippen molar-refractivity contribution in [3.05, 3.63) is 59.2 Å². The predicted octanol–water partition coefficient (Wildman–Crippen LogP) is 1.83. The average Bonchev–Trinajstić information content (AvgIpc) is 3.04. The Bertz CT molecular complexity index is 779. The van der Waals surface area contributed by atoms with Gasteiger partial charge in [0.15, 0.2) is 12.7 Å². The van der Waals surface area contributed by atoms with Crippen molar-refractivity contribution < 1.29 is 19.1 Å². The minimum Gasteiger partial charge on any atom is -0.483 e. The fraction of sp³-hybridized carbons (Fsp3) is 0.263. The quantitative estimate of drug-likeness (QED) is 0.833. The van der Waals surface area contributed by atoms with E-state index in [0.717, 1.165) is 16.7 Å². The van der Waals surface area contributed by atoms with Gasteiger partial charge in [0, 0.05) is 6.42 Å². The summed E-state index contributed by atoms with van der Waals surface area (Å²) in [7, 11) is 0. The van der Waals surface area contributed by atoms with Crippen LogP contribution >= 0.6 is 0 Å². The largest absolute Gasteiger partial charge is 0.483 e. The van der Waals surface area contributed by atoms with Crippen molar-refractivity contribution in [3.63, 3.8) is 0 Å². The molecule has 2 amide bonds. The van der Waals surface area contributed by atoms with Gasteiger partial charge in [-0.2, -0.15) is 0 Å². The maximum Gasteiger partial charge on any atom is 0.279 e. The van der Waals surface area contributed by atoms with E-state index in [4.69, 9.17) is 9.47 Å². The van der Waals surface area contributed by atoms with Crippen molar-refractivity contribution in [2.75, 3.05) is 6.61 Å². The van der Waals surface area contributed by atoms with Crippen LogP contribution in [0, 0.1) is 13.8 Å². The van der Waals surface area contributed by atoms with Gasteiger partial charge < -0.3 is 9.47 Å². The molecule has 0 bridgehead atoms. The number of nitrogens with one attached hydrogen (secondary N) is 2. The first kappa shape index (κ1) is 16.8. The molecule has 6 nitrogen and oxygen atoms in total. The van der Waals surface area contributed by atoms with Gasteiger partial charge in [-0.25, -0.2) is 0 Å². The highest BCUT2D eigenvalue weighted by atomic mass is 16.5. The van der Waals surface area contributed by atoms with E-state index in [-0.39, 0.29) is 6.61 Å². The average molecular weight is 340 g/mol. The Morgan fingerprint density at radius 2 is 1.96 bits per heavy atom. The van der Waals surface area contributed by atoms with Crippen LogP contribution in [-0.2, 0) is 16.0 Å². The summed E-state index contributed by atoms with van der Waals surface area (Å²) in [5.74, 6) is 0.518. The second-order valence-corrected chi connectivity index (χ2v) is 6.01. The summed E-state index contributed by atoms with van der Waals surface area (Å²) in [4.78, 5) is 24.0. The molecule has 2 aromatic rings. The minimum atomic E-state index is -0.641. The number of benzene rings is 2. The lowest BCUT2D eigenvalue weighted by molar-refractivity contribution is -0.133. The van der Waals surface area contributed by atoms with Crippen LogP contribution in [-0.4, -0.2) is 24.5 Å². The van der Waals surface area contributed by atoms with Crippen LogP contribution in [0.4, 0.5) is 0 Å². The Morgan fingerprint density at radius 1 is 1.16 bits per heavy atom. The molecular weight excluding hydrogens is 320 g/mol. The van der Waals surface area contributed by atoms with E-state index in [1.165, 1.54) is 0 Å². The molecule has 6 heteroatoms. The molecule has 2 aromatic carbocycles. The van der Waals surface area contributed by atoms with Gasteiger partial charge >= 0.3 is 0 Å². The van der Waals surface area contributed by atoms with Crippen molar-refractivity contribution in [2.45, 2.75) is 26.4 Å². The van der Waals surface area contributed by atoms with E-state index in [1.807, 2.05) is 56.3 Å². The highest BCUT2D eigenvalue weighted by Gasteiger charge is 2.28. The smallest absolute Gasteiger partial charge is 0.279 e. The lowest BCUT2D eigenvalue weighted by atomic mass is 10.1. The third-order valence-corrected chi connectivity index (χ3v) is 3.97. The number of amides is 2. The third-order valence-electron chi connectivity index (χ3n) is 3.97. The number of rotatable bonds is 4. The molecule has 1 unspecified atom stereocenters. The van der Waals surface area contributed by atoms with Gasteiger partial charge in [-0.05, 0) is 42.7 Å². The van der Waals surface area contributed by atoms with E-state index in [1.54, 1.807) is 0 Å². The first-order valence-electron chi connectivity index (χ1n) is 8.06. The normalized spacial score (nSPS) is 15.0. The Morgan fingerprint density at radius 3 is 2.76 bits per heavy atom. The van der Waals surface area contributed by atoms with Crippen LogP contribution in [0.2, 0.25) is 0 Å². The van der Waals surface area contributed by atoms with E-state index >= 15 is 0 Å². The second kappa shape index (κ2) is 7.25. The predicted molar refractivity (Wildman–Crippen MR) is 92.3 cm³/mol. The molecule has 1 aliphatic rings. The molecule has 1 heterocycles. The van der Waals surface area contributed by atoms with Gasteiger partial charge in [0.05, 0.1) is 0 Å². The van der Waals surface area contributed by atoms with Crippen LogP contribution < -0.4 is 20.3 Å². The number of hydrogen-bond donors (Lipinski definition) is 2. The van der Waals surface area contributed by atoms with Gasteiger partial charge in [0.25, 0.3) is 11.8 Å². The molecule has 1 atom stereocenters. The number of hydrogen-bond acceptors (Lipinski definition) is 4. The first-order valence-corrected chi connectivity index (χ1v) is 8.06. The van der Waals surface area contributed by atoms with Crippen LogP contribution in [0.3, 0.4) is 0 Å². The molecule has 3 rings (SSSR count). The van der Waals surface area contributed by atoms with Crippen LogP contribution in [0.5, 0.6) is 11.5 Å². The van der Waals surface area contributed by atoms with Crippen molar-refractivity contribution in [1.82, 2.24) is 10.9 Å². The monoisotopic (exact) mass is 340 g/mol. The molecule has 1 aliphatic heterocycles. The number of aryl methyl sites for hydroxylation is 2. The number of fused-ring (bicyclic) bond motifs is 1. The van der Waals surface area contributed by atoms with Crippen LogP contribution in [0.15, 0.2) is 42.5 Å². The highest BCUT2D eigenvalue weighted by molar-refractivity contribution is 5.86. The Kier molecular flexibility index (Phi) is 4.88. The van der Waals surface area contributed by atoms with Crippen molar-refractivity contribution in [1.29, 1.82) is 0 Å². The molecule has 0 aliphatic carbocycles. The van der Waals surface area contributed by atoms with Crippen LogP contribution in [0.25, 0.3) is 0 Å². The molecule has 0 aromatic heterocycles. The summed E-state index contributed by atoms with van der Waals surface area (Å²) in [6, 6.07) is 13.3. The van der Waals surface area contributed by atoms with E-state index in [2.05, 4.69) is 10.9 Å². The molecule has 2 N–H and O–H groups in total. The van der Waals surface area contributed by atoms with Gasteiger partial charge in [0.1, 0.15) is 11.5 Å². The number of para-hydroxylation sites is 1. The summed E-state index contributed by atoms with van der Waals surface area (Å²) in [6.45, 7) is 3.67. The van der Waals surface area contributed by atoms with Crippen molar-refractivity contribution >= 4 is 11.8 Å². The number of ether oxygens (including phenoxy) is 2. The zero-order valence-corrected chi connectivity index (χ0v) is 14.2. The Balaban J connectivity index is 1.45. The summed E-state index contributed by atoms with van der Waals surface area (Å²) >= 11 is 0. The topological polar surface area (TPSA) is 76.7 Å². The first-order chi connectivity index (χ1) is 12.0. The van der Waals surface area contributed by atoms with Crippen molar-refractivity contribution in [3.8, 4) is 11.5 Å². The van der Waals surface area contributed by atoms with E-state index < -0.39 is 17.9 Å². The lowest BCUT2D eigenvalue weighted by Gasteiger charge is -2.13. The molecule has 0 saturated carbocycles. The van der Waals surface area contributed by atoms with Crippen LogP contribution in [0.1, 0.15) is 16.7 Å². The lowest BCUT2D eigenvalue weighted by Crippen LogP contribution is -2.49. The molecular formula is C19H20N2O4. The fourth-order valence-electron chi connectivity index (χ4n) is 2.58. The highest BCUT2D eigenvalue weighted by Crippen LogP contribution is 2.27. The number of hydrazine groups is 1. The van der Waals surface area contributed by atoms with E-state index in [9.17, 15) is 9.59 Å². The standard InChI is InChI=1S/C19H20N2O4/c1-12-7-8-13(2)16(9-12)24-11-18(22)20-21-19(23)17-10-14-5-3-4-6-15(14)25-17/h3-9,17H,10-11H2,1-2H3,(H,20,22)(H,21,23). The van der Waals surface area contributed by atoms with Gasteiger partial charge in [-0.15, -0.1) is 0 Å². The zero-order valence-electron chi connectivity index (χ0n) is 14.2. The summed E-state index contributed by atoms with van der Waals surface area (Å²) in [5.41, 5.74) is 7.70. The Hall–Kier alpha value is -3.02. The zero-order chi connectivity index (χ0) is 17.8. The van der Waals surface area contributed by atoms with Crippen molar-refractivity contribution in [2.24, 2.45) is 0 Å². The maximum absolute atomic E-state index is 12.1. The minimum absolute atomic E-state index is 0.184. The molecule has 25 heavy (non-hydrogen) atoms. The maximum atomic E-state index is 12.1. The third kappa shape index (κ3) is 4.09. The number of carbonyl (C=O) groups excluding carboxylic acids is 2. The van der Waals surface area contributed by atoms with Gasteiger partial charge in [-0.1, -0.05) is 30.3 Å².